The van der Waals surface area contributed by atoms with E-state index in [4.69, 9.17) is 4.42 Å². The molecule has 0 saturated heterocycles. The molecule has 0 fully saturated rings. The fourth-order valence-electron chi connectivity index (χ4n) is 2.88. The van der Waals surface area contributed by atoms with Crippen molar-refractivity contribution in [3.05, 3.63) is 63.8 Å². The van der Waals surface area contributed by atoms with Crippen LogP contribution in [0.15, 0.2) is 51.6 Å². The van der Waals surface area contributed by atoms with Crippen LogP contribution >= 0.6 is 15.9 Å². The quantitative estimate of drug-likeness (QED) is 0.652. The third-order valence-electron chi connectivity index (χ3n) is 4.64. The second kappa shape index (κ2) is 7.96. The normalized spacial score (nSPS) is 10.8. The van der Waals surface area contributed by atoms with E-state index >= 15 is 0 Å². The average Bonchev–Trinajstić information content (AvgIpc) is 3.03. The highest BCUT2D eigenvalue weighted by molar-refractivity contribution is 9.10. The molecule has 0 unspecified atom stereocenters. The summed E-state index contributed by atoms with van der Waals surface area (Å²) in [6.07, 6.45) is 1.82. The molecular weight excluding hydrogens is 408 g/mol. The van der Waals surface area contributed by atoms with Gasteiger partial charge in [0.2, 0.25) is 11.8 Å². The number of fused-ring (bicyclic) bond motifs is 1. The summed E-state index contributed by atoms with van der Waals surface area (Å²) >= 11 is 3.39. The van der Waals surface area contributed by atoms with Gasteiger partial charge in [-0.05, 0) is 53.0 Å². The zero-order chi connectivity index (χ0) is 19.6. The largest absolute Gasteiger partial charge is 0.464 e. The molecule has 0 spiro atoms. The number of carbonyl (C=O) groups is 2. The average molecular weight is 429 g/mol. The minimum atomic E-state index is -0.249. The van der Waals surface area contributed by atoms with Crippen molar-refractivity contribution < 1.29 is 14.0 Å². The van der Waals surface area contributed by atoms with Crippen molar-refractivity contribution in [2.24, 2.45) is 0 Å². The third kappa shape index (κ3) is 4.22. The predicted molar refractivity (Wildman–Crippen MR) is 110 cm³/mol. The minimum absolute atomic E-state index is 0.0198. The molecule has 1 heterocycles. The van der Waals surface area contributed by atoms with Crippen LogP contribution < -0.4 is 5.32 Å². The molecule has 0 aliphatic carbocycles. The van der Waals surface area contributed by atoms with Crippen molar-refractivity contribution in [1.82, 2.24) is 4.90 Å². The van der Waals surface area contributed by atoms with E-state index in [2.05, 4.69) is 21.2 Å². The molecule has 0 radical (unpaired) electrons. The fraction of sp³-hybridized carbons (Fsp3) is 0.238. The summed E-state index contributed by atoms with van der Waals surface area (Å²) in [6.45, 7) is 4.01. The molecule has 27 heavy (non-hydrogen) atoms. The number of carbonyl (C=O) groups excluding carboxylic acids is 2. The predicted octanol–water partition coefficient (Wildman–Crippen LogP) is 4.45. The summed E-state index contributed by atoms with van der Waals surface area (Å²) in [5.41, 5.74) is 4.54. The highest BCUT2D eigenvalue weighted by Gasteiger charge is 2.17. The Morgan fingerprint density at radius 1 is 1.15 bits per heavy atom. The number of furan rings is 1. The van der Waals surface area contributed by atoms with Gasteiger partial charge >= 0.3 is 0 Å². The highest BCUT2D eigenvalue weighted by atomic mass is 79.9. The van der Waals surface area contributed by atoms with Crippen molar-refractivity contribution in [2.45, 2.75) is 20.3 Å². The van der Waals surface area contributed by atoms with E-state index in [9.17, 15) is 9.59 Å². The molecule has 2 aromatic carbocycles. The highest BCUT2D eigenvalue weighted by Crippen LogP contribution is 2.27. The Hall–Kier alpha value is -2.60. The first-order chi connectivity index (χ1) is 12.9. The van der Waals surface area contributed by atoms with Gasteiger partial charge in [0.15, 0.2) is 0 Å². The van der Waals surface area contributed by atoms with Crippen LogP contribution in [0.25, 0.3) is 11.0 Å². The number of rotatable bonds is 5. The second-order valence-corrected chi connectivity index (χ2v) is 7.45. The van der Waals surface area contributed by atoms with E-state index in [0.717, 1.165) is 32.1 Å². The van der Waals surface area contributed by atoms with Gasteiger partial charge in [-0.3, -0.25) is 9.59 Å². The number of para-hydroxylation sites is 1. The van der Waals surface area contributed by atoms with Crippen LogP contribution in [-0.4, -0.2) is 30.3 Å². The number of nitrogens with zero attached hydrogens (tertiary/aromatic N) is 1. The van der Waals surface area contributed by atoms with Crippen molar-refractivity contribution in [1.29, 1.82) is 0 Å². The van der Waals surface area contributed by atoms with Gasteiger partial charge in [-0.15, -0.1) is 0 Å². The summed E-state index contributed by atoms with van der Waals surface area (Å²) in [5.74, 6) is -0.389. The SMILES string of the molecule is Cc1ccc2c(CC(=O)N(C)CC(=O)Nc3ccccc3Br)coc2c1C. The van der Waals surface area contributed by atoms with Gasteiger partial charge in [0.1, 0.15) is 5.58 Å². The molecule has 1 N–H and O–H groups in total. The first-order valence-electron chi connectivity index (χ1n) is 8.61. The Morgan fingerprint density at radius 3 is 2.63 bits per heavy atom. The van der Waals surface area contributed by atoms with Crippen LogP contribution in [0.4, 0.5) is 5.69 Å². The van der Waals surface area contributed by atoms with E-state index in [-0.39, 0.29) is 24.8 Å². The summed E-state index contributed by atoms with van der Waals surface area (Å²) < 4.78 is 6.45. The minimum Gasteiger partial charge on any atom is -0.464 e. The maximum absolute atomic E-state index is 12.6. The van der Waals surface area contributed by atoms with E-state index in [1.54, 1.807) is 19.4 Å². The lowest BCUT2D eigenvalue weighted by Crippen LogP contribution is -2.35. The van der Waals surface area contributed by atoms with Crippen molar-refractivity contribution in [2.75, 3.05) is 18.9 Å². The molecule has 0 aliphatic heterocycles. The Balaban J connectivity index is 1.65. The number of likely N-dealkylation sites (N-methyl/N-ethyl adjacent to an activating group) is 1. The Kier molecular flexibility index (Phi) is 5.65. The molecule has 140 valence electrons. The maximum Gasteiger partial charge on any atom is 0.244 e. The van der Waals surface area contributed by atoms with Gasteiger partial charge < -0.3 is 14.6 Å². The Morgan fingerprint density at radius 2 is 1.89 bits per heavy atom. The van der Waals surface area contributed by atoms with Gasteiger partial charge in [-0.2, -0.15) is 0 Å². The van der Waals surface area contributed by atoms with Gasteiger partial charge in [0.05, 0.1) is 24.9 Å². The molecule has 3 aromatic rings. The van der Waals surface area contributed by atoms with Gasteiger partial charge in [-0.1, -0.05) is 24.3 Å². The van der Waals surface area contributed by atoms with Crippen LogP contribution in [0.1, 0.15) is 16.7 Å². The number of halogens is 1. The summed E-state index contributed by atoms with van der Waals surface area (Å²) in [6, 6.07) is 11.3. The maximum atomic E-state index is 12.6. The monoisotopic (exact) mass is 428 g/mol. The molecule has 2 amide bonds. The zero-order valence-corrected chi connectivity index (χ0v) is 17.1. The fourth-order valence-corrected chi connectivity index (χ4v) is 3.26. The van der Waals surface area contributed by atoms with Gasteiger partial charge in [-0.25, -0.2) is 0 Å². The van der Waals surface area contributed by atoms with E-state index < -0.39 is 0 Å². The molecule has 0 bridgehead atoms. The third-order valence-corrected chi connectivity index (χ3v) is 5.33. The number of benzene rings is 2. The number of hydrogen-bond donors (Lipinski definition) is 1. The molecule has 1 aromatic heterocycles. The van der Waals surface area contributed by atoms with E-state index in [1.807, 2.05) is 44.2 Å². The van der Waals surface area contributed by atoms with Crippen LogP contribution in [0.2, 0.25) is 0 Å². The van der Waals surface area contributed by atoms with Crippen LogP contribution in [0.3, 0.4) is 0 Å². The van der Waals surface area contributed by atoms with Gasteiger partial charge in [0, 0.05) is 22.5 Å². The van der Waals surface area contributed by atoms with Crippen molar-refractivity contribution in [3.8, 4) is 0 Å². The zero-order valence-electron chi connectivity index (χ0n) is 15.5. The molecular formula is C21H21BrN2O3. The van der Waals surface area contributed by atoms with Crippen LogP contribution in [-0.2, 0) is 16.0 Å². The molecule has 5 nitrogen and oxygen atoms in total. The van der Waals surface area contributed by atoms with Crippen LogP contribution in [0, 0.1) is 13.8 Å². The Labute approximate surface area is 166 Å². The first-order valence-corrected chi connectivity index (χ1v) is 9.40. The molecule has 0 saturated carbocycles. The summed E-state index contributed by atoms with van der Waals surface area (Å²) in [4.78, 5) is 26.2. The lowest BCUT2D eigenvalue weighted by atomic mass is 10.0. The van der Waals surface area contributed by atoms with Crippen molar-refractivity contribution in [3.63, 3.8) is 0 Å². The number of amides is 2. The topological polar surface area (TPSA) is 62.6 Å². The summed E-state index contributed by atoms with van der Waals surface area (Å²) in [7, 11) is 1.62. The molecule has 0 aliphatic rings. The van der Waals surface area contributed by atoms with Crippen LogP contribution in [0.5, 0.6) is 0 Å². The first kappa shape index (κ1) is 19.2. The second-order valence-electron chi connectivity index (χ2n) is 6.60. The number of nitrogens with one attached hydrogen (secondary N) is 1. The van der Waals surface area contributed by atoms with Gasteiger partial charge in [0.25, 0.3) is 0 Å². The molecule has 6 heteroatoms. The lowest BCUT2D eigenvalue weighted by molar-refractivity contribution is -0.132. The lowest BCUT2D eigenvalue weighted by Gasteiger charge is -2.17. The van der Waals surface area contributed by atoms with E-state index in [0.29, 0.717) is 5.69 Å². The Bertz CT molecular complexity index is 1010. The number of anilines is 1. The van der Waals surface area contributed by atoms with E-state index in [1.165, 1.54) is 4.90 Å². The standard InChI is InChI=1S/C21H21BrN2O3/c1-13-8-9-16-15(12-27-21(16)14(13)2)10-20(26)24(3)11-19(25)23-18-7-5-4-6-17(18)22/h4-9,12H,10-11H2,1-3H3,(H,23,25). The summed E-state index contributed by atoms with van der Waals surface area (Å²) in [5, 5.41) is 3.74. The molecule has 3 rings (SSSR count). The molecule has 0 atom stereocenters. The smallest absolute Gasteiger partial charge is 0.244 e. The number of aryl methyl sites for hydroxylation is 2. The number of hydrogen-bond acceptors (Lipinski definition) is 3. The van der Waals surface area contributed by atoms with Crippen molar-refractivity contribution >= 4 is 44.4 Å².